The number of hydrogen-bond acceptors (Lipinski definition) is 3. The Labute approximate surface area is 91.2 Å². The van der Waals surface area contributed by atoms with Crippen molar-refractivity contribution >= 4 is 49.2 Å². The molecule has 1 heterocycles. The highest BCUT2D eigenvalue weighted by molar-refractivity contribution is 9.10. The number of esters is 1. The fraction of sp³-hybridized carbons (Fsp3) is 0.286. The van der Waals surface area contributed by atoms with E-state index in [-0.39, 0.29) is 5.97 Å². The first-order valence-corrected chi connectivity index (χ1v) is 5.84. The van der Waals surface area contributed by atoms with E-state index >= 15 is 0 Å². The third-order valence-corrected chi connectivity index (χ3v) is 4.28. The van der Waals surface area contributed by atoms with Gasteiger partial charge in [0.1, 0.15) is 4.88 Å². The van der Waals surface area contributed by atoms with Crippen LogP contribution in [-0.4, -0.2) is 13.1 Å². The van der Waals surface area contributed by atoms with Crippen LogP contribution in [0.25, 0.3) is 0 Å². The number of thiophene rings is 1. The summed E-state index contributed by atoms with van der Waals surface area (Å²) in [4.78, 5) is 12.8. The van der Waals surface area contributed by atoms with Crippen LogP contribution < -0.4 is 0 Å². The van der Waals surface area contributed by atoms with Crippen LogP contribution in [0, 0.1) is 0 Å². The molecule has 0 amide bonds. The van der Waals surface area contributed by atoms with Gasteiger partial charge in [0.05, 0.1) is 7.11 Å². The number of alkyl halides is 1. The first-order valence-electron chi connectivity index (χ1n) is 3.11. The van der Waals surface area contributed by atoms with Gasteiger partial charge in [-0.1, -0.05) is 15.9 Å². The predicted molar refractivity (Wildman–Crippen MR) is 56.0 cm³/mol. The van der Waals surface area contributed by atoms with E-state index in [4.69, 9.17) is 0 Å². The van der Waals surface area contributed by atoms with Crippen molar-refractivity contribution in [1.82, 2.24) is 0 Å². The standard InChI is InChI=1S/C7H6Br2O2S/c1-11-7(10)5-2-4(9)6(3-8)12-5/h2H,3H2,1H3. The van der Waals surface area contributed by atoms with Gasteiger partial charge in [-0.2, -0.15) is 0 Å². The van der Waals surface area contributed by atoms with E-state index in [0.29, 0.717) is 4.88 Å². The van der Waals surface area contributed by atoms with Gasteiger partial charge in [-0.25, -0.2) is 4.79 Å². The van der Waals surface area contributed by atoms with Crippen molar-refractivity contribution in [2.24, 2.45) is 0 Å². The largest absolute Gasteiger partial charge is 0.465 e. The van der Waals surface area contributed by atoms with E-state index in [1.165, 1.54) is 18.4 Å². The van der Waals surface area contributed by atoms with E-state index in [0.717, 1.165) is 14.7 Å². The lowest BCUT2D eigenvalue weighted by atomic mass is 10.4. The van der Waals surface area contributed by atoms with E-state index in [1.807, 2.05) is 0 Å². The predicted octanol–water partition coefficient (Wildman–Crippen LogP) is 3.19. The van der Waals surface area contributed by atoms with Crippen molar-refractivity contribution in [3.63, 3.8) is 0 Å². The van der Waals surface area contributed by atoms with Crippen LogP contribution in [0.4, 0.5) is 0 Å². The molecule has 0 spiro atoms. The van der Waals surface area contributed by atoms with E-state index in [1.54, 1.807) is 6.07 Å². The quantitative estimate of drug-likeness (QED) is 0.619. The number of ether oxygens (including phenoxy) is 1. The molecule has 5 heteroatoms. The van der Waals surface area contributed by atoms with E-state index in [9.17, 15) is 4.79 Å². The maximum atomic E-state index is 11.0. The Bertz CT molecular complexity index is 296. The summed E-state index contributed by atoms with van der Waals surface area (Å²) in [6, 6.07) is 1.77. The van der Waals surface area contributed by atoms with Gasteiger partial charge in [0.25, 0.3) is 0 Å². The van der Waals surface area contributed by atoms with E-state index < -0.39 is 0 Å². The normalized spacial score (nSPS) is 9.92. The van der Waals surface area contributed by atoms with Gasteiger partial charge in [-0.05, 0) is 22.0 Å². The number of halogens is 2. The maximum Gasteiger partial charge on any atom is 0.348 e. The summed E-state index contributed by atoms with van der Waals surface area (Å²) in [5.74, 6) is -0.284. The highest BCUT2D eigenvalue weighted by atomic mass is 79.9. The van der Waals surface area contributed by atoms with Crippen LogP contribution in [-0.2, 0) is 10.1 Å². The molecule has 0 N–H and O–H groups in total. The second kappa shape index (κ2) is 4.39. The van der Waals surface area contributed by atoms with Gasteiger partial charge in [0.15, 0.2) is 0 Å². The molecule has 0 bridgehead atoms. The second-order valence-corrected chi connectivity index (χ2v) is 4.56. The summed E-state index contributed by atoms with van der Waals surface area (Å²) in [5.41, 5.74) is 0. The molecular weight excluding hydrogens is 308 g/mol. The van der Waals surface area contributed by atoms with Crippen molar-refractivity contribution in [2.45, 2.75) is 5.33 Å². The molecule has 0 saturated carbocycles. The Morgan fingerprint density at radius 1 is 1.75 bits per heavy atom. The number of methoxy groups -OCH3 is 1. The van der Waals surface area contributed by atoms with Crippen LogP contribution in [0.3, 0.4) is 0 Å². The zero-order chi connectivity index (χ0) is 9.14. The monoisotopic (exact) mass is 312 g/mol. The topological polar surface area (TPSA) is 26.3 Å². The van der Waals surface area contributed by atoms with Gasteiger partial charge in [0.2, 0.25) is 0 Å². The third-order valence-electron chi connectivity index (χ3n) is 1.27. The third kappa shape index (κ3) is 2.08. The second-order valence-electron chi connectivity index (χ2n) is 2.01. The lowest BCUT2D eigenvalue weighted by Gasteiger charge is -1.91. The fourth-order valence-corrected chi connectivity index (χ4v) is 3.30. The number of carbonyl (C=O) groups excluding carboxylic acids is 1. The Hall–Kier alpha value is 0.130. The maximum absolute atomic E-state index is 11.0. The number of hydrogen-bond donors (Lipinski definition) is 0. The minimum absolute atomic E-state index is 0.284. The molecule has 0 atom stereocenters. The lowest BCUT2D eigenvalue weighted by molar-refractivity contribution is 0.0606. The van der Waals surface area contributed by atoms with Crippen LogP contribution in [0.5, 0.6) is 0 Å². The van der Waals surface area contributed by atoms with Gasteiger partial charge in [-0.15, -0.1) is 11.3 Å². The minimum Gasteiger partial charge on any atom is -0.465 e. The van der Waals surface area contributed by atoms with Crippen LogP contribution >= 0.6 is 43.2 Å². The highest BCUT2D eigenvalue weighted by Gasteiger charge is 2.12. The Kier molecular flexibility index (Phi) is 3.74. The Morgan fingerprint density at radius 2 is 2.42 bits per heavy atom. The first-order chi connectivity index (χ1) is 5.69. The number of carbonyl (C=O) groups is 1. The SMILES string of the molecule is COC(=O)c1cc(Br)c(CBr)s1. The molecule has 0 saturated heterocycles. The molecule has 0 aliphatic carbocycles. The zero-order valence-corrected chi connectivity index (χ0v) is 10.3. The molecule has 1 rings (SSSR count). The summed E-state index contributed by atoms with van der Waals surface area (Å²) >= 11 is 8.09. The molecule has 66 valence electrons. The van der Waals surface area contributed by atoms with Crippen molar-refractivity contribution in [1.29, 1.82) is 0 Å². The summed E-state index contributed by atoms with van der Waals surface area (Å²) in [7, 11) is 1.38. The van der Waals surface area contributed by atoms with Crippen LogP contribution in [0.15, 0.2) is 10.5 Å². The highest BCUT2D eigenvalue weighted by Crippen LogP contribution is 2.29. The molecule has 1 aromatic rings. The summed E-state index contributed by atoms with van der Waals surface area (Å²) in [6.07, 6.45) is 0. The molecule has 0 aliphatic rings. The Balaban J connectivity index is 2.96. The van der Waals surface area contributed by atoms with Crippen LogP contribution in [0.1, 0.15) is 14.5 Å². The molecule has 0 radical (unpaired) electrons. The summed E-state index contributed by atoms with van der Waals surface area (Å²) < 4.78 is 5.53. The molecule has 0 aliphatic heterocycles. The molecular formula is C7H6Br2O2S. The average molecular weight is 314 g/mol. The van der Waals surface area contributed by atoms with Gasteiger partial charge < -0.3 is 4.74 Å². The van der Waals surface area contributed by atoms with Gasteiger partial charge in [0, 0.05) is 14.7 Å². The van der Waals surface area contributed by atoms with Crippen molar-refractivity contribution in [3.05, 3.63) is 20.3 Å². The summed E-state index contributed by atoms with van der Waals surface area (Å²) in [6.45, 7) is 0. The van der Waals surface area contributed by atoms with E-state index in [2.05, 4.69) is 36.6 Å². The minimum atomic E-state index is -0.284. The van der Waals surface area contributed by atoms with Gasteiger partial charge >= 0.3 is 5.97 Å². The molecule has 1 aromatic heterocycles. The first kappa shape index (κ1) is 10.2. The van der Waals surface area contributed by atoms with Crippen LogP contribution in [0.2, 0.25) is 0 Å². The Morgan fingerprint density at radius 3 is 2.83 bits per heavy atom. The molecule has 0 unspecified atom stereocenters. The average Bonchev–Trinajstić information content (AvgIpc) is 2.45. The van der Waals surface area contributed by atoms with Crippen molar-refractivity contribution in [3.8, 4) is 0 Å². The molecule has 0 fully saturated rings. The van der Waals surface area contributed by atoms with Crippen molar-refractivity contribution in [2.75, 3.05) is 7.11 Å². The fourth-order valence-electron chi connectivity index (χ4n) is 0.699. The smallest absolute Gasteiger partial charge is 0.348 e. The van der Waals surface area contributed by atoms with Gasteiger partial charge in [-0.3, -0.25) is 0 Å². The zero-order valence-electron chi connectivity index (χ0n) is 6.27. The summed E-state index contributed by atoms with van der Waals surface area (Å²) in [5, 5.41) is 0.745. The molecule has 12 heavy (non-hydrogen) atoms. The number of rotatable bonds is 2. The molecule has 0 aromatic carbocycles. The van der Waals surface area contributed by atoms with Crippen molar-refractivity contribution < 1.29 is 9.53 Å². The lowest BCUT2D eigenvalue weighted by Crippen LogP contribution is -1.96. The molecule has 2 nitrogen and oxygen atoms in total.